The van der Waals surface area contributed by atoms with Gasteiger partial charge < -0.3 is 10.6 Å². The number of benzene rings is 1. The Balaban J connectivity index is 1.59. The van der Waals surface area contributed by atoms with Crippen molar-refractivity contribution in [2.45, 2.75) is 19.4 Å². The molecule has 1 atom stereocenters. The molecule has 24 heavy (non-hydrogen) atoms. The molecule has 1 aromatic carbocycles. The number of amides is 2. The Labute approximate surface area is 145 Å². The zero-order valence-electron chi connectivity index (χ0n) is 13.8. The van der Waals surface area contributed by atoms with Gasteiger partial charge in [0.25, 0.3) is 5.91 Å². The lowest BCUT2D eigenvalue weighted by Gasteiger charge is -2.32. The molecule has 2 aromatic rings. The molecule has 0 radical (unpaired) electrons. The van der Waals surface area contributed by atoms with Gasteiger partial charge >= 0.3 is 0 Å². The number of anilines is 1. The average Bonchev–Trinajstić information content (AvgIpc) is 3.07. The van der Waals surface area contributed by atoms with Crippen LogP contribution < -0.4 is 10.6 Å². The number of hydrogen-bond donors (Lipinski definition) is 2. The third kappa shape index (κ3) is 3.49. The summed E-state index contributed by atoms with van der Waals surface area (Å²) in [5.74, 6) is -0.171. The lowest BCUT2D eigenvalue weighted by atomic mass is 10.0. The predicted molar refractivity (Wildman–Crippen MR) is 96.5 cm³/mol. The largest absolute Gasteiger partial charge is 0.355 e. The molecular formula is C18H21N3O2S. The van der Waals surface area contributed by atoms with Crippen LogP contribution >= 0.6 is 11.3 Å². The fourth-order valence-corrected chi connectivity index (χ4v) is 3.97. The first-order valence-electron chi connectivity index (χ1n) is 8.01. The fraction of sp³-hybridized carbons (Fsp3) is 0.333. The van der Waals surface area contributed by atoms with Crippen molar-refractivity contribution in [2.75, 3.05) is 25.5 Å². The quantitative estimate of drug-likeness (QED) is 0.897. The molecule has 0 bridgehead atoms. The molecule has 1 unspecified atom stereocenters. The van der Waals surface area contributed by atoms with Gasteiger partial charge in [-0.1, -0.05) is 0 Å². The summed E-state index contributed by atoms with van der Waals surface area (Å²) < 4.78 is 0. The van der Waals surface area contributed by atoms with E-state index in [1.807, 2.05) is 0 Å². The fourth-order valence-electron chi connectivity index (χ4n) is 3.01. The van der Waals surface area contributed by atoms with E-state index in [2.05, 4.69) is 33.9 Å². The molecule has 6 heteroatoms. The molecule has 0 spiro atoms. The SMILES string of the molecule is CNC(=O)c1ccc(NC(=O)CN2CCc3sccc3C2C)cc1. The standard InChI is InChI=1S/C18H21N3O2S/c1-12-15-8-10-24-16(15)7-9-21(12)11-17(22)20-14-5-3-13(4-6-14)18(23)19-2/h3-6,8,10,12H,7,9,11H2,1-2H3,(H,19,23)(H,20,22). The number of nitrogens with zero attached hydrogens (tertiary/aromatic N) is 1. The van der Waals surface area contributed by atoms with Gasteiger partial charge in [-0.3, -0.25) is 14.5 Å². The van der Waals surface area contributed by atoms with Crippen LogP contribution in [0.25, 0.3) is 0 Å². The molecule has 0 saturated carbocycles. The summed E-state index contributed by atoms with van der Waals surface area (Å²) in [5.41, 5.74) is 2.62. The minimum Gasteiger partial charge on any atom is -0.355 e. The normalized spacial score (nSPS) is 17.2. The molecule has 3 rings (SSSR count). The van der Waals surface area contributed by atoms with Gasteiger partial charge in [0.15, 0.2) is 0 Å². The number of hydrogen-bond acceptors (Lipinski definition) is 4. The van der Waals surface area contributed by atoms with Crippen LogP contribution in [0.3, 0.4) is 0 Å². The highest BCUT2D eigenvalue weighted by Gasteiger charge is 2.26. The Hall–Kier alpha value is -2.18. The minimum atomic E-state index is -0.137. The molecule has 2 N–H and O–H groups in total. The van der Waals surface area contributed by atoms with Crippen molar-refractivity contribution in [3.05, 3.63) is 51.7 Å². The monoisotopic (exact) mass is 343 g/mol. The van der Waals surface area contributed by atoms with E-state index >= 15 is 0 Å². The van der Waals surface area contributed by atoms with Gasteiger partial charge in [0.2, 0.25) is 5.91 Å². The van der Waals surface area contributed by atoms with Gasteiger partial charge in [-0.15, -0.1) is 11.3 Å². The Kier molecular flexibility index (Phi) is 4.97. The summed E-state index contributed by atoms with van der Waals surface area (Å²) in [6.45, 7) is 3.42. The second-order valence-electron chi connectivity index (χ2n) is 5.90. The van der Waals surface area contributed by atoms with Crippen LogP contribution in [-0.4, -0.2) is 36.9 Å². The average molecular weight is 343 g/mol. The van der Waals surface area contributed by atoms with E-state index in [4.69, 9.17) is 0 Å². The van der Waals surface area contributed by atoms with Crippen LogP contribution in [0.2, 0.25) is 0 Å². The number of carbonyl (C=O) groups excluding carboxylic acids is 2. The van der Waals surface area contributed by atoms with E-state index < -0.39 is 0 Å². The second-order valence-corrected chi connectivity index (χ2v) is 6.90. The van der Waals surface area contributed by atoms with Crippen LogP contribution in [0, 0.1) is 0 Å². The van der Waals surface area contributed by atoms with Gasteiger partial charge in [0.1, 0.15) is 0 Å². The summed E-state index contributed by atoms with van der Waals surface area (Å²) in [6, 6.07) is 9.33. The smallest absolute Gasteiger partial charge is 0.251 e. The summed E-state index contributed by atoms with van der Waals surface area (Å²) in [4.78, 5) is 27.5. The molecule has 0 fully saturated rings. The van der Waals surface area contributed by atoms with Crippen molar-refractivity contribution in [2.24, 2.45) is 0 Å². The van der Waals surface area contributed by atoms with Gasteiger partial charge in [-0.05, 0) is 54.6 Å². The molecule has 1 aliphatic heterocycles. The van der Waals surface area contributed by atoms with E-state index in [1.54, 1.807) is 42.6 Å². The van der Waals surface area contributed by atoms with Crippen molar-refractivity contribution in [3.63, 3.8) is 0 Å². The van der Waals surface area contributed by atoms with Crippen molar-refractivity contribution in [1.29, 1.82) is 0 Å². The van der Waals surface area contributed by atoms with Crippen molar-refractivity contribution >= 4 is 28.8 Å². The highest BCUT2D eigenvalue weighted by atomic mass is 32.1. The summed E-state index contributed by atoms with van der Waals surface area (Å²) in [7, 11) is 1.59. The van der Waals surface area contributed by atoms with E-state index in [1.165, 1.54) is 10.4 Å². The molecule has 1 aromatic heterocycles. The van der Waals surface area contributed by atoms with Gasteiger partial charge in [-0.25, -0.2) is 0 Å². The molecular weight excluding hydrogens is 322 g/mol. The van der Waals surface area contributed by atoms with Crippen LogP contribution in [0.1, 0.15) is 33.8 Å². The topological polar surface area (TPSA) is 61.4 Å². The maximum atomic E-state index is 12.3. The lowest BCUT2D eigenvalue weighted by molar-refractivity contribution is -0.117. The minimum absolute atomic E-state index is 0.0341. The van der Waals surface area contributed by atoms with E-state index in [9.17, 15) is 9.59 Å². The highest BCUT2D eigenvalue weighted by molar-refractivity contribution is 7.10. The number of rotatable bonds is 4. The van der Waals surface area contributed by atoms with Crippen molar-refractivity contribution in [1.82, 2.24) is 10.2 Å². The molecule has 0 saturated heterocycles. The first-order valence-corrected chi connectivity index (χ1v) is 8.88. The van der Waals surface area contributed by atoms with E-state index in [-0.39, 0.29) is 17.9 Å². The summed E-state index contributed by atoms with van der Waals surface area (Å²) in [5, 5.41) is 7.60. The third-order valence-electron chi connectivity index (χ3n) is 4.41. The zero-order valence-corrected chi connectivity index (χ0v) is 14.7. The molecule has 126 valence electrons. The molecule has 1 aliphatic rings. The maximum Gasteiger partial charge on any atom is 0.251 e. The predicted octanol–water partition coefficient (Wildman–Crippen LogP) is 2.67. The maximum absolute atomic E-state index is 12.3. The molecule has 5 nitrogen and oxygen atoms in total. The summed E-state index contributed by atoms with van der Waals surface area (Å²) in [6.07, 6.45) is 1.01. The van der Waals surface area contributed by atoms with Crippen molar-refractivity contribution in [3.8, 4) is 0 Å². The second kappa shape index (κ2) is 7.15. The van der Waals surface area contributed by atoms with Crippen LogP contribution in [0.15, 0.2) is 35.7 Å². The molecule has 0 aliphatic carbocycles. The first kappa shape index (κ1) is 16.7. The van der Waals surface area contributed by atoms with Gasteiger partial charge in [0, 0.05) is 35.8 Å². The third-order valence-corrected chi connectivity index (χ3v) is 5.40. The van der Waals surface area contributed by atoms with Gasteiger partial charge in [-0.2, -0.15) is 0 Å². The van der Waals surface area contributed by atoms with Crippen LogP contribution in [0.4, 0.5) is 5.69 Å². The van der Waals surface area contributed by atoms with E-state index in [0.29, 0.717) is 17.8 Å². The molecule has 2 heterocycles. The number of carbonyl (C=O) groups is 2. The lowest BCUT2D eigenvalue weighted by Crippen LogP contribution is -2.39. The Morgan fingerprint density at radius 2 is 2.00 bits per heavy atom. The highest BCUT2D eigenvalue weighted by Crippen LogP contribution is 2.32. The Bertz CT molecular complexity index is 739. The first-order chi connectivity index (χ1) is 11.6. The zero-order chi connectivity index (χ0) is 17.1. The number of nitrogens with one attached hydrogen (secondary N) is 2. The van der Waals surface area contributed by atoms with Crippen molar-refractivity contribution < 1.29 is 9.59 Å². The number of fused-ring (bicyclic) bond motifs is 1. The Morgan fingerprint density at radius 3 is 2.71 bits per heavy atom. The Morgan fingerprint density at radius 1 is 1.25 bits per heavy atom. The van der Waals surface area contributed by atoms with Gasteiger partial charge in [0.05, 0.1) is 6.54 Å². The van der Waals surface area contributed by atoms with Crippen LogP contribution in [0.5, 0.6) is 0 Å². The van der Waals surface area contributed by atoms with Crippen LogP contribution in [-0.2, 0) is 11.2 Å². The number of thiophene rings is 1. The summed E-state index contributed by atoms with van der Waals surface area (Å²) >= 11 is 1.80. The van der Waals surface area contributed by atoms with E-state index in [0.717, 1.165) is 13.0 Å². The molecule has 2 amide bonds.